The number of phosphoric acid groups is 1. The molecule has 0 N–H and O–H groups in total. The number of nitrogens with zero attached hydrogens (tertiary/aromatic N) is 1. The zero-order valence-corrected chi connectivity index (χ0v) is 33.6. The molecule has 47 heavy (non-hydrogen) atoms. The summed E-state index contributed by atoms with van der Waals surface area (Å²) in [5.74, 6) is -0.511. The number of quaternary nitrogens is 1. The van der Waals surface area contributed by atoms with Crippen LogP contribution in [0.5, 0.6) is 5.75 Å². The number of rotatable bonds is 22. The van der Waals surface area contributed by atoms with Gasteiger partial charge in [0.2, 0.25) is 0 Å². The summed E-state index contributed by atoms with van der Waals surface area (Å²) in [5.41, 5.74) is -1.19. The van der Waals surface area contributed by atoms with Gasteiger partial charge in [0.25, 0.3) is 7.82 Å². The Morgan fingerprint density at radius 3 is 1.91 bits per heavy atom. The van der Waals surface area contributed by atoms with Crippen LogP contribution in [0.3, 0.4) is 0 Å². The van der Waals surface area contributed by atoms with Crippen molar-refractivity contribution in [2.75, 3.05) is 60.8 Å². The third-order valence-electron chi connectivity index (χ3n) is 8.25. The fourth-order valence-corrected chi connectivity index (χ4v) is 8.24. The lowest BCUT2D eigenvalue weighted by molar-refractivity contribution is -0.870. The number of phosphoric ester groups is 1. The van der Waals surface area contributed by atoms with E-state index in [1.807, 2.05) is 40.2 Å². The van der Waals surface area contributed by atoms with Gasteiger partial charge < -0.3 is 32.7 Å². The van der Waals surface area contributed by atoms with E-state index in [1.54, 1.807) is 32.9 Å². The van der Waals surface area contributed by atoms with Crippen molar-refractivity contribution in [3.63, 3.8) is 0 Å². The minimum Gasteiger partial charge on any atom is -0.756 e. The topological polar surface area (TPSA) is 128 Å². The van der Waals surface area contributed by atoms with Gasteiger partial charge in [0.05, 0.1) is 38.6 Å². The molecule has 270 valence electrons. The average Bonchev–Trinajstić information content (AvgIpc) is 2.93. The summed E-state index contributed by atoms with van der Waals surface area (Å²) < 4.78 is 34.1. The van der Waals surface area contributed by atoms with E-state index in [0.29, 0.717) is 53.2 Å². The minimum absolute atomic E-state index is 0.0254. The highest BCUT2D eigenvalue weighted by Gasteiger charge is 2.48. The van der Waals surface area contributed by atoms with Crippen molar-refractivity contribution in [3.8, 4) is 5.75 Å². The molecule has 1 aromatic carbocycles. The van der Waals surface area contributed by atoms with Crippen molar-refractivity contribution in [1.29, 1.82) is 0 Å². The highest BCUT2D eigenvalue weighted by molar-refractivity contribution is 7.45. The molecule has 1 rings (SSSR count). The Kier molecular flexibility index (Phi) is 16.9. The number of carbonyl (C=O) groups excluding carboxylic acids is 3. The maximum absolute atomic E-state index is 13.9. The Bertz CT molecular complexity index is 1230. The summed E-state index contributed by atoms with van der Waals surface area (Å²) in [7, 11) is 2.43. The summed E-state index contributed by atoms with van der Waals surface area (Å²) in [6.45, 7) is 17.6. The van der Waals surface area contributed by atoms with Crippen LogP contribution < -0.4 is 9.63 Å². The molecule has 0 aliphatic carbocycles. The maximum atomic E-state index is 13.9. The molecule has 5 unspecified atom stereocenters. The molecule has 0 radical (unpaired) electrons. The van der Waals surface area contributed by atoms with E-state index in [2.05, 4.69) is 34.1 Å². The number of hydrogen-bond donors (Lipinski definition) is 0. The number of Topliss-reactive ketones (excluding diaryl/α,β-unsaturated/α-hetero) is 1. The van der Waals surface area contributed by atoms with Crippen molar-refractivity contribution in [1.82, 2.24) is 0 Å². The second kappa shape index (κ2) is 18.1. The second-order valence-corrected chi connectivity index (χ2v) is 20.4. The fraction of sp³-hybridized carbons (Fsp3) is 0.735. The number of benzene rings is 1. The van der Waals surface area contributed by atoms with Gasteiger partial charge in [0.1, 0.15) is 31.3 Å². The van der Waals surface area contributed by atoms with Gasteiger partial charge in [-0.05, 0) is 94.7 Å². The van der Waals surface area contributed by atoms with Crippen LogP contribution in [-0.4, -0.2) is 93.4 Å². The predicted octanol–water partition coefficient (Wildman–Crippen LogP) is 6.22. The smallest absolute Gasteiger partial charge is 0.316 e. The number of aryl methyl sites for hydroxylation is 1. The van der Waals surface area contributed by atoms with Gasteiger partial charge >= 0.3 is 11.9 Å². The second-order valence-electron chi connectivity index (χ2n) is 15.4. The molecular formula is C34H60NO9P3. The van der Waals surface area contributed by atoms with Crippen molar-refractivity contribution in [2.45, 2.75) is 90.9 Å². The van der Waals surface area contributed by atoms with E-state index >= 15 is 0 Å². The first-order valence-corrected chi connectivity index (χ1v) is 20.6. The molecule has 0 spiro atoms. The molecular weight excluding hydrogens is 659 g/mol. The molecule has 0 aliphatic heterocycles. The summed E-state index contributed by atoms with van der Waals surface area (Å²) >= 11 is 0. The quantitative estimate of drug-likeness (QED) is 0.0451. The zero-order valence-electron chi connectivity index (χ0n) is 30.7. The molecule has 13 heteroatoms. The fourth-order valence-electron chi connectivity index (χ4n) is 5.63. The Morgan fingerprint density at radius 1 is 0.830 bits per heavy atom. The van der Waals surface area contributed by atoms with Crippen molar-refractivity contribution >= 4 is 42.7 Å². The SMILES string of the molecule is CPC(C)(C)CC(C)(CC(C)(CC(C)(C)C(=O)Oc1ccc(CCC(C)=O)cc1)C(=O)OCCOP(=O)([O-])OCC[N+](C)(C)C)PC. The number of ketones is 1. The van der Waals surface area contributed by atoms with Crippen LogP contribution >= 0.6 is 25.0 Å². The van der Waals surface area contributed by atoms with E-state index in [1.165, 1.54) is 0 Å². The average molecular weight is 720 g/mol. The van der Waals surface area contributed by atoms with Gasteiger partial charge in [-0.3, -0.25) is 14.2 Å². The Hall–Kier alpha value is -1.24. The predicted molar refractivity (Wildman–Crippen MR) is 191 cm³/mol. The number of esters is 2. The zero-order chi connectivity index (χ0) is 36.3. The highest BCUT2D eigenvalue weighted by Crippen LogP contribution is 2.51. The van der Waals surface area contributed by atoms with Crippen LogP contribution in [0, 0.1) is 10.8 Å². The van der Waals surface area contributed by atoms with E-state index in [0.717, 1.165) is 12.0 Å². The molecule has 10 nitrogen and oxygen atoms in total. The Morgan fingerprint density at radius 2 is 1.40 bits per heavy atom. The molecule has 0 aliphatic rings. The van der Waals surface area contributed by atoms with Crippen LogP contribution in [0.4, 0.5) is 0 Å². The molecule has 0 bridgehead atoms. The van der Waals surface area contributed by atoms with E-state index in [4.69, 9.17) is 18.5 Å². The molecule has 0 amide bonds. The molecule has 0 saturated carbocycles. The summed E-state index contributed by atoms with van der Waals surface area (Å²) in [5, 5.41) is -0.140. The van der Waals surface area contributed by atoms with Gasteiger partial charge in [0.15, 0.2) is 0 Å². The van der Waals surface area contributed by atoms with Gasteiger partial charge in [-0.15, -0.1) is 17.2 Å². The van der Waals surface area contributed by atoms with Crippen molar-refractivity contribution in [2.24, 2.45) is 10.8 Å². The van der Waals surface area contributed by atoms with E-state index in [9.17, 15) is 23.8 Å². The first kappa shape index (κ1) is 43.8. The van der Waals surface area contributed by atoms with Crippen LogP contribution in [-0.2, 0) is 39.2 Å². The standard InChI is InChI=1S/C34H60NO9P3/c1-26(36)13-14-27-15-17-28(18-16-27)44-29(37)31(2,3)23-33(6,25-34(7,46-12)24-32(4,5)45-11)30(38)41-21-22-43-47(39,40)42-20-19-35(8,9)10/h15-18,45-46H,13-14,19-25H2,1-12H3. The number of ether oxygens (including phenoxy) is 2. The molecule has 0 heterocycles. The lowest BCUT2D eigenvalue weighted by Crippen LogP contribution is -2.44. The number of likely N-dealkylation sites (N-methyl/N-ethyl adjacent to an activating group) is 1. The normalized spacial score (nSPS) is 17.0. The lowest BCUT2D eigenvalue weighted by Gasteiger charge is -2.43. The first-order valence-electron chi connectivity index (χ1n) is 16.1. The lowest BCUT2D eigenvalue weighted by atomic mass is 9.68. The largest absolute Gasteiger partial charge is 0.756 e. The van der Waals surface area contributed by atoms with E-state index in [-0.39, 0.29) is 42.3 Å². The van der Waals surface area contributed by atoms with Crippen LogP contribution in [0.15, 0.2) is 24.3 Å². The molecule has 0 aromatic heterocycles. The molecule has 5 atom stereocenters. The van der Waals surface area contributed by atoms with Gasteiger partial charge in [-0.25, -0.2) is 0 Å². The van der Waals surface area contributed by atoms with Crippen molar-refractivity contribution in [3.05, 3.63) is 29.8 Å². The molecule has 0 fully saturated rings. The summed E-state index contributed by atoms with van der Waals surface area (Å²) in [6.07, 6.45) is 2.57. The van der Waals surface area contributed by atoms with Gasteiger partial charge in [-0.2, -0.15) is 0 Å². The summed E-state index contributed by atoms with van der Waals surface area (Å²) in [4.78, 5) is 51.0. The van der Waals surface area contributed by atoms with Crippen molar-refractivity contribution < 1.29 is 46.8 Å². The third-order valence-corrected chi connectivity index (χ3v) is 12.3. The van der Waals surface area contributed by atoms with Gasteiger partial charge in [0, 0.05) is 6.42 Å². The molecule has 1 aromatic rings. The number of carbonyl (C=O) groups is 3. The minimum atomic E-state index is -4.56. The Labute approximate surface area is 287 Å². The molecule has 0 saturated heterocycles. The summed E-state index contributed by atoms with van der Waals surface area (Å²) in [6, 6.07) is 7.09. The highest BCUT2D eigenvalue weighted by atomic mass is 31.2. The maximum Gasteiger partial charge on any atom is 0.316 e. The van der Waals surface area contributed by atoms with Gasteiger partial charge in [-0.1, -0.05) is 32.9 Å². The van der Waals surface area contributed by atoms with Crippen LogP contribution in [0.2, 0.25) is 0 Å². The first-order chi connectivity index (χ1) is 21.4. The van der Waals surface area contributed by atoms with Crippen LogP contribution in [0.25, 0.3) is 0 Å². The van der Waals surface area contributed by atoms with Crippen LogP contribution in [0.1, 0.15) is 79.7 Å². The monoisotopic (exact) mass is 719 g/mol. The number of hydrogen-bond acceptors (Lipinski definition) is 9. The Balaban J connectivity index is 3.13. The third kappa shape index (κ3) is 16.8. The van der Waals surface area contributed by atoms with E-state index < -0.39 is 30.6 Å².